The quantitative estimate of drug-likeness (QED) is 0.266. The Morgan fingerprint density at radius 1 is 1.19 bits per heavy atom. The molecule has 0 aliphatic carbocycles. The summed E-state index contributed by atoms with van der Waals surface area (Å²) in [4.78, 5) is 16.0. The first-order valence-electron chi connectivity index (χ1n) is 11.0. The molecule has 0 radical (unpaired) electrons. The van der Waals surface area contributed by atoms with E-state index in [2.05, 4.69) is 25.2 Å². The normalized spacial score (nSPS) is 11.7. The fraction of sp³-hybridized carbons (Fsp3) is 0.250. The number of pyridine rings is 1. The van der Waals surface area contributed by atoms with Crippen LogP contribution < -0.4 is 19.5 Å². The number of amides is 1. The molecule has 3 heterocycles. The highest BCUT2D eigenvalue weighted by atomic mass is 35.5. The lowest BCUT2D eigenvalue weighted by atomic mass is 10.2. The van der Waals surface area contributed by atoms with Crippen molar-refractivity contribution in [1.82, 2.24) is 19.7 Å². The SMILES string of the molecule is COc1cccc(OC)c1-n1c(NSC(C)Cc2ncc(Cl)cc2NC(C)=O)nnc1-c1ccco1. The molecule has 0 spiro atoms. The second-order valence-electron chi connectivity index (χ2n) is 7.73. The number of aromatic nitrogens is 4. The Hall–Kier alpha value is -3.70. The minimum Gasteiger partial charge on any atom is -0.494 e. The van der Waals surface area contributed by atoms with Crippen molar-refractivity contribution in [2.24, 2.45) is 0 Å². The van der Waals surface area contributed by atoms with Crippen LogP contribution in [0.5, 0.6) is 11.5 Å². The third kappa shape index (κ3) is 5.58. The lowest BCUT2D eigenvalue weighted by Crippen LogP contribution is -2.13. The Bertz CT molecular complexity index is 1320. The van der Waals surface area contributed by atoms with Crippen molar-refractivity contribution in [2.45, 2.75) is 25.5 Å². The summed E-state index contributed by atoms with van der Waals surface area (Å²) >= 11 is 7.50. The number of hydrogen-bond acceptors (Lipinski definition) is 9. The van der Waals surface area contributed by atoms with E-state index in [4.69, 9.17) is 25.5 Å². The van der Waals surface area contributed by atoms with Gasteiger partial charge in [0.25, 0.3) is 0 Å². The van der Waals surface area contributed by atoms with Crippen molar-refractivity contribution in [3.63, 3.8) is 0 Å². The number of furan rings is 1. The number of carbonyl (C=O) groups excluding carboxylic acids is 1. The first-order chi connectivity index (χ1) is 17.4. The highest BCUT2D eigenvalue weighted by Crippen LogP contribution is 2.38. The number of hydrogen-bond donors (Lipinski definition) is 2. The summed E-state index contributed by atoms with van der Waals surface area (Å²) in [6.45, 7) is 3.48. The van der Waals surface area contributed by atoms with E-state index in [1.54, 1.807) is 49.4 Å². The third-order valence-corrected chi connectivity index (χ3v) is 6.19. The van der Waals surface area contributed by atoms with E-state index in [0.717, 1.165) is 5.69 Å². The average molecular weight is 529 g/mol. The minimum absolute atomic E-state index is 0.0305. The summed E-state index contributed by atoms with van der Waals surface area (Å²) in [5, 5.41) is 12.0. The maximum Gasteiger partial charge on any atom is 0.239 e. The van der Waals surface area contributed by atoms with Gasteiger partial charge in [-0.15, -0.1) is 10.2 Å². The van der Waals surface area contributed by atoms with E-state index in [1.165, 1.54) is 18.9 Å². The molecule has 1 unspecified atom stereocenters. The van der Waals surface area contributed by atoms with Gasteiger partial charge in [0, 0.05) is 24.8 Å². The maximum atomic E-state index is 11.6. The standard InChI is InChI=1S/C24H25ClN6O4S/c1-14(11-17-18(27-15(2)32)12-16(25)13-26-17)36-30-24-29-28-23(21-9-6-10-35-21)31(24)22-19(33-3)7-5-8-20(22)34-4/h5-10,12-14H,11H2,1-4H3,(H,27,32)(H,29,30). The van der Waals surface area contributed by atoms with Crippen LogP contribution in [-0.2, 0) is 11.2 Å². The number of nitrogens with one attached hydrogen (secondary N) is 2. The predicted molar refractivity (Wildman–Crippen MR) is 140 cm³/mol. The van der Waals surface area contributed by atoms with E-state index < -0.39 is 0 Å². The van der Waals surface area contributed by atoms with Crippen LogP contribution in [0.15, 0.2) is 53.3 Å². The number of rotatable bonds is 10. The second kappa shape index (κ2) is 11.4. The van der Waals surface area contributed by atoms with Crippen molar-refractivity contribution < 1.29 is 18.7 Å². The van der Waals surface area contributed by atoms with Crippen molar-refractivity contribution in [3.05, 3.63) is 59.6 Å². The molecule has 1 aromatic carbocycles. The smallest absolute Gasteiger partial charge is 0.239 e. The third-order valence-electron chi connectivity index (χ3n) is 5.11. The molecular weight excluding hydrogens is 504 g/mol. The van der Waals surface area contributed by atoms with Gasteiger partial charge >= 0.3 is 0 Å². The van der Waals surface area contributed by atoms with Crippen LogP contribution in [0, 0.1) is 0 Å². The van der Waals surface area contributed by atoms with Gasteiger partial charge in [0.2, 0.25) is 17.7 Å². The molecule has 0 saturated carbocycles. The summed E-state index contributed by atoms with van der Waals surface area (Å²) < 4.78 is 21.9. The Morgan fingerprint density at radius 2 is 1.94 bits per heavy atom. The zero-order valence-corrected chi connectivity index (χ0v) is 21.7. The summed E-state index contributed by atoms with van der Waals surface area (Å²) in [6.07, 6.45) is 3.69. The monoisotopic (exact) mass is 528 g/mol. The first-order valence-corrected chi connectivity index (χ1v) is 12.2. The zero-order chi connectivity index (χ0) is 25.7. The molecule has 188 valence electrons. The summed E-state index contributed by atoms with van der Waals surface area (Å²) in [5.41, 5.74) is 1.94. The molecule has 0 aliphatic heterocycles. The highest BCUT2D eigenvalue weighted by Gasteiger charge is 2.24. The minimum atomic E-state index is -0.192. The van der Waals surface area contributed by atoms with Crippen LogP contribution in [-0.4, -0.2) is 45.1 Å². The molecule has 4 rings (SSSR count). The topological polar surface area (TPSA) is 116 Å². The molecule has 2 N–H and O–H groups in total. The first kappa shape index (κ1) is 25.4. The lowest BCUT2D eigenvalue weighted by Gasteiger charge is -2.18. The molecule has 0 saturated heterocycles. The maximum absolute atomic E-state index is 11.6. The van der Waals surface area contributed by atoms with E-state index in [0.29, 0.717) is 51.9 Å². The van der Waals surface area contributed by atoms with Gasteiger partial charge in [-0.2, -0.15) is 0 Å². The Balaban J connectivity index is 1.63. The number of ether oxygens (including phenoxy) is 2. The Kier molecular flexibility index (Phi) is 8.01. The molecule has 12 heteroatoms. The van der Waals surface area contributed by atoms with Gasteiger partial charge in [0.05, 0.1) is 36.9 Å². The highest BCUT2D eigenvalue weighted by molar-refractivity contribution is 8.01. The number of benzene rings is 1. The largest absolute Gasteiger partial charge is 0.494 e. The number of nitrogens with zero attached hydrogens (tertiary/aromatic N) is 4. The van der Waals surface area contributed by atoms with Crippen LogP contribution >= 0.6 is 23.5 Å². The fourth-order valence-electron chi connectivity index (χ4n) is 3.57. The van der Waals surface area contributed by atoms with Gasteiger partial charge < -0.3 is 19.2 Å². The van der Waals surface area contributed by atoms with Crippen molar-refractivity contribution >= 4 is 41.1 Å². The van der Waals surface area contributed by atoms with Gasteiger partial charge in [0.15, 0.2) is 5.76 Å². The second-order valence-corrected chi connectivity index (χ2v) is 9.42. The van der Waals surface area contributed by atoms with Crippen molar-refractivity contribution in [3.8, 4) is 28.8 Å². The van der Waals surface area contributed by atoms with Crippen LogP contribution in [0.2, 0.25) is 5.02 Å². The van der Waals surface area contributed by atoms with Crippen LogP contribution in [0.25, 0.3) is 17.3 Å². The summed E-state index contributed by atoms with van der Waals surface area (Å²) in [7, 11) is 3.18. The number of carbonyl (C=O) groups is 1. The van der Waals surface area contributed by atoms with Crippen LogP contribution in [0.1, 0.15) is 19.5 Å². The summed E-state index contributed by atoms with van der Waals surface area (Å²) in [5.74, 6) is 2.43. The molecule has 0 bridgehead atoms. The number of halogens is 1. The molecule has 0 fully saturated rings. The Labute approximate surface area is 217 Å². The molecule has 1 amide bonds. The van der Waals surface area contributed by atoms with E-state index in [-0.39, 0.29) is 11.2 Å². The molecule has 36 heavy (non-hydrogen) atoms. The fourth-order valence-corrected chi connectivity index (χ4v) is 4.41. The average Bonchev–Trinajstić information content (AvgIpc) is 3.53. The van der Waals surface area contributed by atoms with Crippen LogP contribution in [0.3, 0.4) is 0 Å². The van der Waals surface area contributed by atoms with Gasteiger partial charge in [-0.05, 0) is 42.3 Å². The van der Waals surface area contributed by atoms with Crippen molar-refractivity contribution in [1.29, 1.82) is 0 Å². The number of para-hydroxylation sites is 1. The zero-order valence-electron chi connectivity index (χ0n) is 20.1. The van der Waals surface area contributed by atoms with Gasteiger partial charge in [-0.25, -0.2) is 0 Å². The van der Waals surface area contributed by atoms with E-state index in [1.807, 2.05) is 25.1 Å². The van der Waals surface area contributed by atoms with E-state index >= 15 is 0 Å². The molecule has 1 atom stereocenters. The van der Waals surface area contributed by atoms with Gasteiger partial charge in [-0.3, -0.25) is 19.1 Å². The lowest BCUT2D eigenvalue weighted by molar-refractivity contribution is -0.114. The van der Waals surface area contributed by atoms with Gasteiger partial charge in [0.1, 0.15) is 17.2 Å². The summed E-state index contributed by atoms with van der Waals surface area (Å²) in [6, 6.07) is 10.8. The van der Waals surface area contributed by atoms with E-state index in [9.17, 15) is 4.79 Å². The number of anilines is 2. The molecule has 4 aromatic rings. The van der Waals surface area contributed by atoms with Crippen LogP contribution in [0.4, 0.5) is 11.6 Å². The molecule has 3 aromatic heterocycles. The molecule has 10 nitrogen and oxygen atoms in total. The predicted octanol–water partition coefficient (Wildman–Crippen LogP) is 5.24. The van der Waals surface area contributed by atoms with Crippen molar-refractivity contribution in [2.75, 3.05) is 24.3 Å². The number of methoxy groups -OCH3 is 2. The molecular formula is C24H25ClN6O4S. The molecule has 0 aliphatic rings. The Morgan fingerprint density at radius 3 is 2.58 bits per heavy atom. The van der Waals surface area contributed by atoms with Gasteiger partial charge in [-0.1, -0.05) is 24.6 Å².